The molecule has 0 spiro atoms. The number of nitrogens with two attached hydrogens (primary N) is 1. The lowest BCUT2D eigenvalue weighted by molar-refractivity contribution is -0.142. The first kappa shape index (κ1) is 11.9. The van der Waals surface area contributed by atoms with E-state index in [-0.39, 0.29) is 12.4 Å². The summed E-state index contributed by atoms with van der Waals surface area (Å²) >= 11 is 5.97. The van der Waals surface area contributed by atoms with Crippen molar-refractivity contribution in [1.82, 2.24) is 0 Å². The van der Waals surface area contributed by atoms with E-state index in [0.717, 1.165) is 5.56 Å². The molecule has 4 heteroatoms. The van der Waals surface area contributed by atoms with Gasteiger partial charge >= 0.3 is 5.97 Å². The molecule has 0 fully saturated rings. The summed E-state index contributed by atoms with van der Waals surface area (Å²) in [4.78, 5) is 11.2. The summed E-state index contributed by atoms with van der Waals surface area (Å²) in [7, 11) is 0. The molecule has 82 valence electrons. The van der Waals surface area contributed by atoms with Crippen molar-refractivity contribution in [2.75, 3.05) is 12.3 Å². The van der Waals surface area contributed by atoms with Gasteiger partial charge in [0.1, 0.15) is 0 Å². The van der Waals surface area contributed by atoms with Gasteiger partial charge in [-0.25, -0.2) is 0 Å². The lowest BCUT2D eigenvalue weighted by Gasteiger charge is -2.08. The van der Waals surface area contributed by atoms with Crippen LogP contribution in [-0.2, 0) is 16.0 Å². The summed E-state index contributed by atoms with van der Waals surface area (Å²) < 4.78 is 4.83. The van der Waals surface area contributed by atoms with Crippen molar-refractivity contribution in [2.45, 2.75) is 20.3 Å². The van der Waals surface area contributed by atoms with E-state index < -0.39 is 0 Å². The minimum absolute atomic E-state index is 0.166. The number of carbonyl (C=O) groups excluding carboxylic acids is 1. The molecule has 15 heavy (non-hydrogen) atoms. The summed E-state index contributed by atoms with van der Waals surface area (Å²) in [5.74, 6) is -0.288. The minimum Gasteiger partial charge on any atom is -0.466 e. The van der Waals surface area contributed by atoms with Crippen LogP contribution in [0.1, 0.15) is 18.1 Å². The van der Waals surface area contributed by atoms with Gasteiger partial charge in [-0.3, -0.25) is 4.79 Å². The maximum Gasteiger partial charge on any atom is 0.310 e. The van der Waals surface area contributed by atoms with Crippen LogP contribution < -0.4 is 5.73 Å². The third kappa shape index (κ3) is 2.86. The Morgan fingerprint density at radius 3 is 2.80 bits per heavy atom. The Labute approximate surface area is 94.2 Å². The van der Waals surface area contributed by atoms with Crippen molar-refractivity contribution >= 4 is 23.3 Å². The number of ether oxygens (including phenoxy) is 1. The van der Waals surface area contributed by atoms with Gasteiger partial charge in [-0.05, 0) is 25.0 Å². The van der Waals surface area contributed by atoms with Gasteiger partial charge in [0.2, 0.25) is 0 Å². The molecule has 1 rings (SSSR count). The zero-order valence-electron chi connectivity index (χ0n) is 8.84. The Kier molecular flexibility index (Phi) is 3.97. The molecule has 0 aliphatic rings. The van der Waals surface area contributed by atoms with Gasteiger partial charge in [0, 0.05) is 0 Å². The van der Waals surface area contributed by atoms with E-state index in [1.807, 2.05) is 13.0 Å². The lowest BCUT2D eigenvalue weighted by Crippen LogP contribution is -2.09. The van der Waals surface area contributed by atoms with Crippen LogP contribution in [0.2, 0.25) is 5.02 Å². The van der Waals surface area contributed by atoms with Crippen LogP contribution in [0.25, 0.3) is 0 Å². The van der Waals surface area contributed by atoms with E-state index in [2.05, 4.69) is 0 Å². The van der Waals surface area contributed by atoms with Crippen molar-refractivity contribution in [3.63, 3.8) is 0 Å². The molecule has 0 saturated heterocycles. The zero-order valence-corrected chi connectivity index (χ0v) is 9.60. The van der Waals surface area contributed by atoms with Crippen molar-refractivity contribution in [3.05, 3.63) is 28.3 Å². The Morgan fingerprint density at radius 2 is 2.20 bits per heavy atom. The Balaban J connectivity index is 2.87. The van der Waals surface area contributed by atoms with Gasteiger partial charge in [0.15, 0.2) is 0 Å². The second kappa shape index (κ2) is 5.03. The molecule has 0 unspecified atom stereocenters. The quantitative estimate of drug-likeness (QED) is 0.637. The number of nitrogen functional groups attached to an aromatic ring is 1. The first-order valence-corrected chi connectivity index (χ1v) is 5.13. The van der Waals surface area contributed by atoms with Crippen molar-refractivity contribution in [1.29, 1.82) is 0 Å². The minimum atomic E-state index is -0.288. The second-order valence-electron chi connectivity index (χ2n) is 3.25. The van der Waals surface area contributed by atoms with Crippen molar-refractivity contribution in [2.24, 2.45) is 0 Å². The Morgan fingerprint density at radius 1 is 1.53 bits per heavy atom. The third-order valence-corrected chi connectivity index (χ3v) is 2.60. The van der Waals surface area contributed by atoms with Gasteiger partial charge in [-0.2, -0.15) is 0 Å². The molecular weight excluding hydrogens is 214 g/mol. The lowest BCUT2D eigenvalue weighted by atomic mass is 10.1. The fourth-order valence-electron chi connectivity index (χ4n) is 1.26. The Bertz CT molecular complexity index is 377. The number of aryl methyl sites for hydroxylation is 1. The van der Waals surface area contributed by atoms with E-state index in [1.54, 1.807) is 13.0 Å². The molecule has 0 heterocycles. The molecule has 0 atom stereocenters. The van der Waals surface area contributed by atoms with E-state index in [0.29, 0.717) is 22.9 Å². The predicted octanol–water partition coefficient (Wildman–Crippen LogP) is 2.34. The molecule has 3 nitrogen and oxygen atoms in total. The van der Waals surface area contributed by atoms with Crippen LogP contribution in [0.15, 0.2) is 12.1 Å². The zero-order chi connectivity index (χ0) is 11.4. The van der Waals surface area contributed by atoms with Gasteiger partial charge in [-0.1, -0.05) is 23.7 Å². The average Bonchev–Trinajstić information content (AvgIpc) is 2.20. The van der Waals surface area contributed by atoms with Crippen molar-refractivity contribution in [3.8, 4) is 0 Å². The predicted molar refractivity (Wildman–Crippen MR) is 60.9 cm³/mol. The first-order valence-electron chi connectivity index (χ1n) is 4.75. The molecule has 0 aliphatic heterocycles. The summed E-state index contributed by atoms with van der Waals surface area (Å²) in [5.41, 5.74) is 7.87. The molecule has 0 radical (unpaired) electrons. The number of esters is 1. The number of benzene rings is 1. The molecule has 0 saturated carbocycles. The number of hydrogen-bond acceptors (Lipinski definition) is 3. The van der Waals surface area contributed by atoms with Gasteiger partial charge in [-0.15, -0.1) is 0 Å². The van der Waals surface area contributed by atoms with Crippen LogP contribution in [0, 0.1) is 6.92 Å². The fraction of sp³-hybridized carbons (Fsp3) is 0.364. The summed E-state index contributed by atoms with van der Waals surface area (Å²) in [5, 5.41) is 0.511. The van der Waals surface area contributed by atoms with Crippen LogP contribution in [0.5, 0.6) is 0 Å². The number of anilines is 1. The van der Waals surface area contributed by atoms with E-state index in [1.165, 1.54) is 0 Å². The molecule has 1 aromatic rings. The summed E-state index contributed by atoms with van der Waals surface area (Å²) in [6, 6.07) is 3.64. The van der Waals surface area contributed by atoms with Crippen molar-refractivity contribution < 1.29 is 9.53 Å². The van der Waals surface area contributed by atoms with Crippen LogP contribution >= 0.6 is 11.6 Å². The van der Waals surface area contributed by atoms with Gasteiger partial charge in [0.25, 0.3) is 0 Å². The van der Waals surface area contributed by atoms with Crippen LogP contribution in [-0.4, -0.2) is 12.6 Å². The van der Waals surface area contributed by atoms with Crippen LogP contribution in [0.3, 0.4) is 0 Å². The average molecular weight is 228 g/mol. The van der Waals surface area contributed by atoms with E-state index >= 15 is 0 Å². The molecular formula is C11H14ClNO2. The first-order chi connectivity index (χ1) is 7.06. The standard InChI is InChI=1S/C11H14ClNO2/c1-3-15-9(14)6-8-5-4-7(2)10(12)11(8)13/h4-5H,3,6,13H2,1-2H3. The van der Waals surface area contributed by atoms with Gasteiger partial charge in [0.05, 0.1) is 23.7 Å². The third-order valence-electron chi connectivity index (χ3n) is 2.10. The van der Waals surface area contributed by atoms with Gasteiger partial charge < -0.3 is 10.5 Å². The maximum absolute atomic E-state index is 11.2. The van der Waals surface area contributed by atoms with E-state index in [9.17, 15) is 4.79 Å². The smallest absolute Gasteiger partial charge is 0.310 e. The SMILES string of the molecule is CCOC(=O)Cc1ccc(C)c(Cl)c1N. The Hall–Kier alpha value is -1.22. The number of carbonyl (C=O) groups is 1. The molecule has 0 bridgehead atoms. The molecule has 0 aromatic heterocycles. The molecule has 1 aromatic carbocycles. The normalized spacial score (nSPS) is 10.1. The van der Waals surface area contributed by atoms with E-state index in [4.69, 9.17) is 22.1 Å². The number of halogens is 1. The molecule has 0 aliphatic carbocycles. The fourth-order valence-corrected chi connectivity index (χ4v) is 1.45. The summed E-state index contributed by atoms with van der Waals surface area (Å²) in [6.45, 7) is 4.01. The monoisotopic (exact) mass is 227 g/mol. The highest BCUT2D eigenvalue weighted by atomic mass is 35.5. The highest BCUT2D eigenvalue weighted by Crippen LogP contribution is 2.26. The topological polar surface area (TPSA) is 52.3 Å². The summed E-state index contributed by atoms with van der Waals surface area (Å²) in [6.07, 6.45) is 0.166. The highest BCUT2D eigenvalue weighted by molar-refractivity contribution is 6.34. The second-order valence-corrected chi connectivity index (χ2v) is 3.63. The molecule has 0 amide bonds. The molecule has 2 N–H and O–H groups in total. The number of rotatable bonds is 3. The van der Waals surface area contributed by atoms with Crippen LogP contribution in [0.4, 0.5) is 5.69 Å². The number of hydrogen-bond donors (Lipinski definition) is 1. The highest BCUT2D eigenvalue weighted by Gasteiger charge is 2.10. The largest absolute Gasteiger partial charge is 0.466 e. The maximum atomic E-state index is 11.2.